The summed E-state index contributed by atoms with van der Waals surface area (Å²) in [5, 5.41) is 15.5. The van der Waals surface area contributed by atoms with E-state index in [0.717, 1.165) is 27.2 Å². The zero-order valence-corrected chi connectivity index (χ0v) is 16.5. The van der Waals surface area contributed by atoms with Crippen molar-refractivity contribution in [3.8, 4) is 22.4 Å². The van der Waals surface area contributed by atoms with E-state index < -0.39 is 0 Å². The van der Waals surface area contributed by atoms with Crippen molar-refractivity contribution in [2.45, 2.75) is 0 Å². The van der Waals surface area contributed by atoms with Gasteiger partial charge in [-0.3, -0.25) is 0 Å². The molecule has 132 valence electrons. The Balaban J connectivity index is 1.76. The van der Waals surface area contributed by atoms with E-state index in [-0.39, 0.29) is 0 Å². The standard InChI is InChI=1S/C20H12ClN3OS2/c1-25-15-4-5-16-12(9-15)7-13(19(21)23-16)8-14(10-22)20-24-17(11-27-20)18-3-2-6-26-18/h2-9,11H,1H3. The van der Waals surface area contributed by atoms with Gasteiger partial charge in [-0.2, -0.15) is 5.26 Å². The molecule has 0 amide bonds. The Morgan fingerprint density at radius 3 is 2.85 bits per heavy atom. The second kappa shape index (κ2) is 7.49. The summed E-state index contributed by atoms with van der Waals surface area (Å²) in [6.07, 6.45) is 1.73. The predicted molar refractivity (Wildman–Crippen MR) is 112 cm³/mol. The van der Waals surface area contributed by atoms with Crippen molar-refractivity contribution < 1.29 is 4.74 Å². The third-order valence-corrected chi connectivity index (χ3v) is 6.00. The van der Waals surface area contributed by atoms with Gasteiger partial charge < -0.3 is 4.74 Å². The summed E-state index contributed by atoms with van der Waals surface area (Å²) in [6, 6.07) is 13.7. The van der Waals surface area contributed by atoms with Crippen LogP contribution in [0, 0.1) is 11.3 Å². The van der Waals surface area contributed by atoms with Crippen LogP contribution in [-0.4, -0.2) is 17.1 Å². The maximum atomic E-state index is 9.63. The molecule has 4 nitrogen and oxygen atoms in total. The number of hydrogen-bond acceptors (Lipinski definition) is 6. The molecule has 0 aliphatic rings. The summed E-state index contributed by atoms with van der Waals surface area (Å²) in [4.78, 5) is 10.1. The van der Waals surface area contributed by atoms with Crippen LogP contribution in [0.1, 0.15) is 10.6 Å². The average molecular weight is 410 g/mol. The Kier molecular flexibility index (Phi) is 4.90. The second-order valence-electron chi connectivity index (χ2n) is 5.61. The molecule has 0 N–H and O–H groups in total. The normalized spacial score (nSPS) is 11.5. The molecule has 1 aromatic carbocycles. The number of thiophene rings is 1. The van der Waals surface area contributed by atoms with E-state index in [2.05, 4.69) is 16.0 Å². The smallest absolute Gasteiger partial charge is 0.137 e. The molecular weight excluding hydrogens is 398 g/mol. The number of hydrogen-bond donors (Lipinski definition) is 0. The topological polar surface area (TPSA) is 58.8 Å². The first-order valence-corrected chi connectivity index (χ1v) is 10.1. The van der Waals surface area contributed by atoms with Crippen LogP contribution in [0.4, 0.5) is 0 Å². The third-order valence-electron chi connectivity index (χ3n) is 3.93. The molecule has 3 heterocycles. The molecule has 0 saturated carbocycles. The van der Waals surface area contributed by atoms with Crippen molar-refractivity contribution in [2.24, 2.45) is 0 Å². The van der Waals surface area contributed by atoms with Crippen molar-refractivity contribution in [3.63, 3.8) is 0 Å². The van der Waals surface area contributed by atoms with Crippen LogP contribution in [0.25, 0.3) is 33.1 Å². The number of fused-ring (bicyclic) bond motifs is 1. The Morgan fingerprint density at radius 2 is 2.11 bits per heavy atom. The molecule has 4 rings (SSSR count). The zero-order chi connectivity index (χ0) is 18.8. The molecular formula is C20H12ClN3OS2. The van der Waals surface area contributed by atoms with Gasteiger partial charge in [0.25, 0.3) is 0 Å². The SMILES string of the molecule is COc1ccc2nc(Cl)c(C=C(C#N)c3nc(-c4cccs4)cs3)cc2c1. The molecule has 0 aliphatic carbocycles. The Labute approximate surface area is 169 Å². The van der Waals surface area contributed by atoms with Gasteiger partial charge in [-0.1, -0.05) is 17.7 Å². The molecule has 0 atom stereocenters. The molecule has 7 heteroatoms. The minimum absolute atomic E-state index is 0.343. The van der Waals surface area contributed by atoms with Crippen LogP contribution in [0.3, 0.4) is 0 Å². The number of allylic oxidation sites excluding steroid dienone is 1. The van der Waals surface area contributed by atoms with Crippen molar-refractivity contribution >= 4 is 56.8 Å². The lowest BCUT2D eigenvalue weighted by atomic mass is 10.1. The van der Waals surface area contributed by atoms with Crippen LogP contribution in [0.15, 0.2) is 47.2 Å². The highest BCUT2D eigenvalue weighted by Gasteiger charge is 2.12. The van der Waals surface area contributed by atoms with Crippen LogP contribution >= 0.6 is 34.3 Å². The molecule has 0 spiro atoms. The van der Waals surface area contributed by atoms with E-state index in [4.69, 9.17) is 16.3 Å². The first-order chi connectivity index (χ1) is 13.2. The van der Waals surface area contributed by atoms with E-state index in [1.54, 1.807) is 24.5 Å². The maximum absolute atomic E-state index is 9.63. The summed E-state index contributed by atoms with van der Waals surface area (Å²) in [6.45, 7) is 0. The fraction of sp³-hybridized carbons (Fsp3) is 0.0500. The van der Waals surface area contributed by atoms with E-state index in [1.165, 1.54) is 11.3 Å². The van der Waals surface area contributed by atoms with Gasteiger partial charge >= 0.3 is 0 Å². The van der Waals surface area contributed by atoms with Crippen LogP contribution in [0.2, 0.25) is 5.15 Å². The number of halogens is 1. The summed E-state index contributed by atoms with van der Waals surface area (Å²) < 4.78 is 5.27. The highest BCUT2D eigenvalue weighted by molar-refractivity contribution is 7.14. The van der Waals surface area contributed by atoms with Crippen LogP contribution in [0.5, 0.6) is 5.75 Å². The summed E-state index contributed by atoms with van der Waals surface area (Å²) in [7, 11) is 1.62. The fourth-order valence-corrected chi connectivity index (χ4v) is 4.35. The van der Waals surface area contributed by atoms with E-state index in [0.29, 0.717) is 21.3 Å². The molecule has 0 fully saturated rings. The molecule has 27 heavy (non-hydrogen) atoms. The largest absolute Gasteiger partial charge is 0.497 e. The molecule has 0 aliphatic heterocycles. The minimum Gasteiger partial charge on any atom is -0.497 e. The molecule has 0 bridgehead atoms. The minimum atomic E-state index is 0.343. The van der Waals surface area contributed by atoms with Gasteiger partial charge in [0.2, 0.25) is 0 Å². The zero-order valence-electron chi connectivity index (χ0n) is 14.1. The first-order valence-electron chi connectivity index (χ1n) is 7.94. The molecule has 0 unspecified atom stereocenters. The quantitative estimate of drug-likeness (QED) is 0.300. The molecule has 0 radical (unpaired) electrons. The van der Waals surface area contributed by atoms with Gasteiger partial charge in [-0.05, 0) is 41.8 Å². The Morgan fingerprint density at radius 1 is 1.22 bits per heavy atom. The number of methoxy groups -OCH3 is 1. The number of pyridine rings is 1. The van der Waals surface area contributed by atoms with Crippen LogP contribution in [-0.2, 0) is 0 Å². The van der Waals surface area contributed by atoms with Crippen molar-refractivity contribution in [1.82, 2.24) is 9.97 Å². The third kappa shape index (κ3) is 3.58. The van der Waals surface area contributed by atoms with Gasteiger partial charge in [0.15, 0.2) is 0 Å². The number of rotatable bonds is 4. The summed E-state index contributed by atoms with van der Waals surface area (Å²) in [5.74, 6) is 0.738. The molecule has 3 aromatic heterocycles. The van der Waals surface area contributed by atoms with Crippen molar-refractivity contribution in [1.29, 1.82) is 5.26 Å². The molecule has 0 saturated heterocycles. The van der Waals surface area contributed by atoms with Gasteiger partial charge in [0, 0.05) is 16.3 Å². The Bertz CT molecular complexity index is 1190. The van der Waals surface area contributed by atoms with Gasteiger partial charge in [-0.15, -0.1) is 22.7 Å². The number of thiazole rings is 1. The number of nitrogens with zero attached hydrogens (tertiary/aromatic N) is 3. The highest BCUT2D eigenvalue weighted by atomic mass is 35.5. The van der Waals surface area contributed by atoms with Crippen LogP contribution < -0.4 is 4.74 Å². The fourth-order valence-electron chi connectivity index (χ4n) is 2.61. The predicted octanol–water partition coefficient (Wildman–Crippen LogP) is 6.15. The Hall–Kier alpha value is -2.72. The number of nitriles is 1. The lowest BCUT2D eigenvalue weighted by Gasteiger charge is -2.05. The van der Waals surface area contributed by atoms with E-state index in [1.807, 2.05) is 47.2 Å². The lowest BCUT2D eigenvalue weighted by Crippen LogP contribution is -1.88. The molecule has 4 aromatic rings. The van der Waals surface area contributed by atoms with Gasteiger partial charge in [0.05, 0.1) is 28.8 Å². The van der Waals surface area contributed by atoms with Gasteiger partial charge in [-0.25, -0.2) is 9.97 Å². The summed E-state index contributed by atoms with van der Waals surface area (Å²) >= 11 is 9.40. The van der Waals surface area contributed by atoms with E-state index >= 15 is 0 Å². The first kappa shape index (κ1) is 17.7. The van der Waals surface area contributed by atoms with Crippen molar-refractivity contribution in [2.75, 3.05) is 7.11 Å². The number of ether oxygens (including phenoxy) is 1. The monoisotopic (exact) mass is 409 g/mol. The maximum Gasteiger partial charge on any atom is 0.137 e. The average Bonchev–Trinajstić information content (AvgIpc) is 3.37. The number of aromatic nitrogens is 2. The number of benzene rings is 1. The highest BCUT2D eigenvalue weighted by Crippen LogP contribution is 2.31. The van der Waals surface area contributed by atoms with Crippen molar-refractivity contribution in [3.05, 3.63) is 62.9 Å². The second-order valence-corrected chi connectivity index (χ2v) is 7.78. The summed E-state index contributed by atoms with van der Waals surface area (Å²) in [5.41, 5.74) is 2.76. The lowest BCUT2D eigenvalue weighted by molar-refractivity contribution is 0.415. The van der Waals surface area contributed by atoms with E-state index in [9.17, 15) is 5.26 Å². The van der Waals surface area contributed by atoms with Gasteiger partial charge in [0.1, 0.15) is 22.0 Å².